The van der Waals surface area contributed by atoms with Gasteiger partial charge in [0.15, 0.2) is 0 Å². The predicted molar refractivity (Wildman–Crippen MR) is 133 cm³/mol. The van der Waals surface area contributed by atoms with E-state index in [0.29, 0.717) is 21.2 Å². The lowest BCUT2D eigenvalue weighted by Crippen LogP contribution is -2.32. The number of halogens is 2. The average Bonchev–Trinajstić information content (AvgIpc) is 3.30. The van der Waals surface area contributed by atoms with Crippen LogP contribution in [0.5, 0.6) is 0 Å². The van der Waals surface area contributed by atoms with Gasteiger partial charge in [0.25, 0.3) is 0 Å². The van der Waals surface area contributed by atoms with E-state index in [4.69, 9.17) is 0 Å². The van der Waals surface area contributed by atoms with E-state index in [1.165, 1.54) is 72.1 Å². The molecule has 36 heavy (non-hydrogen) atoms. The van der Waals surface area contributed by atoms with Crippen LogP contribution in [0, 0.1) is 11.6 Å². The standard InChI is InChI=1S/C26H18F2N2O4S2/c27-15-1-9-19(10-2-15)35-21-13-23(31)29(25(21)33)17-5-7-18(8-6-17)30-24(32)14-22(26(30)34)36-20-11-3-16(28)4-12-20/h1-12,21-22H,13-14H2/t21-,22-/m0/s1. The summed E-state index contributed by atoms with van der Waals surface area (Å²) in [6.07, 6.45) is 0.0159. The highest BCUT2D eigenvalue weighted by Crippen LogP contribution is 2.37. The molecule has 3 aromatic carbocycles. The molecule has 0 aromatic heterocycles. The molecule has 2 atom stereocenters. The summed E-state index contributed by atoms with van der Waals surface area (Å²) >= 11 is 2.39. The first-order valence-electron chi connectivity index (χ1n) is 11.0. The Bertz CT molecular complexity index is 1240. The fourth-order valence-electron chi connectivity index (χ4n) is 4.04. The quantitative estimate of drug-likeness (QED) is 0.431. The van der Waals surface area contributed by atoms with E-state index in [2.05, 4.69) is 0 Å². The van der Waals surface area contributed by atoms with Gasteiger partial charge < -0.3 is 0 Å². The van der Waals surface area contributed by atoms with Gasteiger partial charge in [-0.2, -0.15) is 0 Å². The number of benzene rings is 3. The van der Waals surface area contributed by atoms with Crippen LogP contribution in [0.2, 0.25) is 0 Å². The molecule has 4 amide bonds. The second-order valence-corrected chi connectivity index (χ2v) is 10.7. The summed E-state index contributed by atoms with van der Waals surface area (Å²) in [6, 6.07) is 17.5. The number of carbonyl (C=O) groups excluding carboxylic acids is 4. The van der Waals surface area contributed by atoms with E-state index >= 15 is 0 Å². The Labute approximate surface area is 213 Å². The van der Waals surface area contributed by atoms with E-state index in [1.54, 1.807) is 24.3 Å². The lowest BCUT2D eigenvalue weighted by atomic mass is 10.2. The maximum atomic E-state index is 13.2. The molecule has 5 rings (SSSR count). The van der Waals surface area contributed by atoms with Crippen LogP contribution >= 0.6 is 23.5 Å². The molecule has 2 fully saturated rings. The van der Waals surface area contributed by atoms with Crippen molar-refractivity contribution in [2.45, 2.75) is 33.1 Å². The number of anilines is 2. The lowest BCUT2D eigenvalue weighted by Gasteiger charge is -2.18. The van der Waals surface area contributed by atoms with Crippen LogP contribution in [-0.4, -0.2) is 34.1 Å². The van der Waals surface area contributed by atoms with Gasteiger partial charge in [0.05, 0.1) is 21.9 Å². The first-order valence-corrected chi connectivity index (χ1v) is 12.7. The summed E-state index contributed by atoms with van der Waals surface area (Å²) in [4.78, 5) is 54.6. The van der Waals surface area contributed by atoms with Crippen LogP contribution < -0.4 is 9.80 Å². The Morgan fingerprint density at radius 1 is 0.556 bits per heavy atom. The molecule has 2 saturated heterocycles. The number of thioether (sulfide) groups is 2. The Morgan fingerprint density at radius 3 is 1.22 bits per heavy atom. The number of hydrogen-bond acceptors (Lipinski definition) is 6. The molecule has 0 bridgehead atoms. The maximum absolute atomic E-state index is 13.2. The number of amides is 4. The van der Waals surface area contributed by atoms with Crippen molar-refractivity contribution in [3.05, 3.63) is 84.4 Å². The highest BCUT2D eigenvalue weighted by molar-refractivity contribution is 8.01. The normalized spacial score (nSPS) is 20.1. The molecule has 0 spiro atoms. The zero-order chi connectivity index (χ0) is 25.4. The van der Waals surface area contributed by atoms with Gasteiger partial charge in [-0.15, -0.1) is 23.5 Å². The van der Waals surface area contributed by atoms with Crippen LogP contribution in [0.25, 0.3) is 0 Å². The molecule has 2 aliphatic rings. The summed E-state index contributed by atoms with van der Waals surface area (Å²) in [5.41, 5.74) is 0.680. The minimum absolute atomic E-state index is 0.00795. The number of rotatable bonds is 6. The molecule has 2 aliphatic heterocycles. The monoisotopic (exact) mass is 524 g/mol. The second kappa shape index (κ2) is 9.87. The number of carbonyl (C=O) groups is 4. The molecule has 3 aromatic rings. The highest BCUT2D eigenvalue weighted by atomic mass is 32.2. The van der Waals surface area contributed by atoms with E-state index in [-0.39, 0.29) is 48.1 Å². The van der Waals surface area contributed by atoms with E-state index in [9.17, 15) is 28.0 Å². The molecule has 2 heterocycles. The van der Waals surface area contributed by atoms with Gasteiger partial charge in [0.2, 0.25) is 23.6 Å². The van der Waals surface area contributed by atoms with E-state index < -0.39 is 10.5 Å². The lowest BCUT2D eigenvalue weighted by molar-refractivity contribution is -0.122. The van der Waals surface area contributed by atoms with Crippen molar-refractivity contribution in [1.29, 1.82) is 0 Å². The minimum Gasteiger partial charge on any atom is -0.274 e. The van der Waals surface area contributed by atoms with Gasteiger partial charge in [-0.3, -0.25) is 19.2 Å². The predicted octanol–water partition coefficient (Wildman–Crippen LogP) is 4.81. The van der Waals surface area contributed by atoms with Gasteiger partial charge in [-0.05, 0) is 72.8 Å². The van der Waals surface area contributed by atoms with Gasteiger partial charge in [-0.1, -0.05) is 0 Å². The van der Waals surface area contributed by atoms with Gasteiger partial charge in [-0.25, -0.2) is 18.6 Å². The van der Waals surface area contributed by atoms with Crippen molar-refractivity contribution in [1.82, 2.24) is 0 Å². The summed E-state index contributed by atoms with van der Waals surface area (Å²) < 4.78 is 26.3. The number of nitrogens with zero attached hydrogens (tertiary/aromatic N) is 2. The highest BCUT2D eigenvalue weighted by Gasteiger charge is 2.42. The first-order chi connectivity index (χ1) is 17.3. The summed E-state index contributed by atoms with van der Waals surface area (Å²) in [6.45, 7) is 0. The Balaban J connectivity index is 1.28. The largest absolute Gasteiger partial charge is 0.274 e. The molecular weight excluding hydrogens is 506 g/mol. The molecule has 0 saturated carbocycles. The number of hydrogen-bond donors (Lipinski definition) is 0. The minimum atomic E-state index is -0.631. The van der Waals surface area contributed by atoms with E-state index in [0.717, 1.165) is 9.80 Å². The number of imide groups is 2. The summed E-state index contributed by atoms with van der Waals surface area (Å²) in [7, 11) is 0. The van der Waals surface area contributed by atoms with Gasteiger partial charge in [0, 0.05) is 22.6 Å². The van der Waals surface area contributed by atoms with Gasteiger partial charge in [0.1, 0.15) is 11.6 Å². The van der Waals surface area contributed by atoms with Crippen LogP contribution in [0.15, 0.2) is 82.6 Å². The fraction of sp³-hybridized carbons (Fsp3) is 0.154. The summed E-state index contributed by atoms with van der Waals surface area (Å²) in [5, 5.41) is -1.26. The van der Waals surface area contributed by atoms with Crippen molar-refractivity contribution in [3.8, 4) is 0 Å². The second-order valence-electron chi connectivity index (χ2n) is 8.18. The van der Waals surface area contributed by atoms with E-state index in [1.807, 2.05) is 0 Å². The third kappa shape index (κ3) is 4.78. The third-order valence-electron chi connectivity index (χ3n) is 5.76. The Morgan fingerprint density at radius 2 is 0.889 bits per heavy atom. The summed E-state index contributed by atoms with van der Waals surface area (Å²) in [5.74, 6) is -2.26. The van der Waals surface area contributed by atoms with Crippen molar-refractivity contribution in [2.24, 2.45) is 0 Å². The van der Waals surface area contributed by atoms with Crippen molar-refractivity contribution < 1.29 is 28.0 Å². The van der Waals surface area contributed by atoms with Crippen LogP contribution in [0.3, 0.4) is 0 Å². The first kappa shape index (κ1) is 24.2. The molecule has 0 aliphatic carbocycles. The Hall–Kier alpha value is -3.50. The SMILES string of the molecule is O=C1C[C@H](Sc2ccc(F)cc2)C(=O)N1c1ccc(N2C(=O)C[C@H](Sc3ccc(F)cc3)C2=O)cc1. The molecular formula is C26H18F2N2O4S2. The maximum Gasteiger partial charge on any atom is 0.247 e. The third-order valence-corrected chi connectivity index (χ3v) is 8.15. The molecule has 10 heteroatoms. The average molecular weight is 525 g/mol. The Kier molecular flexibility index (Phi) is 6.63. The van der Waals surface area contributed by atoms with Crippen LogP contribution in [0.1, 0.15) is 12.8 Å². The fourth-order valence-corrected chi connectivity index (χ4v) is 6.15. The van der Waals surface area contributed by atoms with Crippen LogP contribution in [0.4, 0.5) is 20.2 Å². The molecule has 6 nitrogen and oxygen atoms in total. The zero-order valence-corrected chi connectivity index (χ0v) is 20.2. The molecule has 182 valence electrons. The van der Waals surface area contributed by atoms with Crippen LogP contribution in [-0.2, 0) is 19.2 Å². The molecule has 0 N–H and O–H groups in total. The topological polar surface area (TPSA) is 74.8 Å². The zero-order valence-electron chi connectivity index (χ0n) is 18.6. The molecule has 0 radical (unpaired) electrons. The molecule has 0 unspecified atom stereocenters. The smallest absolute Gasteiger partial charge is 0.247 e. The van der Waals surface area contributed by atoms with Crippen molar-refractivity contribution >= 4 is 58.5 Å². The van der Waals surface area contributed by atoms with Crippen molar-refractivity contribution in [2.75, 3.05) is 9.80 Å². The van der Waals surface area contributed by atoms with Gasteiger partial charge >= 0.3 is 0 Å². The van der Waals surface area contributed by atoms with Crippen molar-refractivity contribution in [3.63, 3.8) is 0 Å².